The Balaban J connectivity index is 2.74. The first-order valence-electron chi connectivity index (χ1n) is 5.16. The number of nitro benzene ring substituents is 1. The number of aromatic nitrogens is 2. The van der Waals surface area contributed by atoms with Crippen LogP contribution in [0, 0.1) is 17.0 Å². The number of imidazole rings is 1. The van der Waals surface area contributed by atoms with Crippen LogP contribution in [0.4, 0.5) is 18.9 Å². The first-order valence-corrected chi connectivity index (χ1v) is 5.16. The summed E-state index contributed by atoms with van der Waals surface area (Å²) >= 11 is 0. The Kier molecular flexibility index (Phi) is 3.01. The topological polar surface area (TPSA) is 61.0 Å². The summed E-state index contributed by atoms with van der Waals surface area (Å²) in [7, 11) is 0. The standard InChI is InChI=1S/C11H8F3N3O2/c1-7-5-16(6-15-7)8-3-2-4-9(17(18)19)10(8)11(12,13)14/h2-6H,1H3. The van der Waals surface area contributed by atoms with Crippen LogP contribution in [0.15, 0.2) is 30.7 Å². The smallest absolute Gasteiger partial charge is 0.305 e. The molecule has 0 bridgehead atoms. The Morgan fingerprint density at radius 2 is 2.05 bits per heavy atom. The van der Waals surface area contributed by atoms with Crippen LogP contribution in [-0.4, -0.2) is 14.5 Å². The van der Waals surface area contributed by atoms with E-state index in [2.05, 4.69) is 4.98 Å². The highest BCUT2D eigenvalue weighted by atomic mass is 19.4. The molecule has 1 aromatic heterocycles. The number of benzene rings is 1. The van der Waals surface area contributed by atoms with Gasteiger partial charge >= 0.3 is 6.18 Å². The predicted molar refractivity (Wildman–Crippen MR) is 60.0 cm³/mol. The molecule has 0 saturated carbocycles. The maximum absolute atomic E-state index is 13.0. The summed E-state index contributed by atoms with van der Waals surface area (Å²) in [6.45, 7) is 1.61. The van der Waals surface area contributed by atoms with E-state index >= 15 is 0 Å². The number of hydrogen-bond acceptors (Lipinski definition) is 3. The molecule has 0 aliphatic carbocycles. The van der Waals surface area contributed by atoms with E-state index in [0.717, 1.165) is 16.7 Å². The molecule has 1 heterocycles. The van der Waals surface area contributed by atoms with Crippen LogP contribution in [0.2, 0.25) is 0 Å². The molecule has 0 saturated heterocycles. The van der Waals surface area contributed by atoms with Gasteiger partial charge in [-0.2, -0.15) is 13.2 Å². The fourth-order valence-electron chi connectivity index (χ4n) is 1.74. The van der Waals surface area contributed by atoms with Crippen LogP contribution < -0.4 is 0 Å². The van der Waals surface area contributed by atoms with E-state index in [1.54, 1.807) is 6.92 Å². The Morgan fingerprint density at radius 3 is 2.53 bits per heavy atom. The van der Waals surface area contributed by atoms with Crippen molar-refractivity contribution >= 4 is 5.69 Å². The quantitative estimate of drug-likeness (QED) is 0.622. The van der Waals surface area contributed by atoms with E-state index in [0.29, 0.717) is 5.69 Å². The number of hydrogen-bond donors (Lipinski definition) is 0. The molecule has 0 atom stereocenters. The van der Waals surface area contributed by atoms with Crippen molar-refractivity contribution in [2.45, 2.75) is 13.1 Å². The van der Waals surface area contributed by atoms with Gasteiger partial charge in [0.2, 0.25) is 0 Å². The molecule has 100 valence electrons. The van der Waals surface area contributed by atoms with Crippen molar-refractivity contribution in [1.29, 1.82) is 0 Å². The van der Waals surface area contributed by atoms with Gasteiger partial charge in [-0.15, -0.1) is 0 Å². The lowest BCUT2D eigenvalue weighted by molar-refractivity contribution is -0.388. The number of halogens is 3. The molecule has 1 aromatic carbocycles. The van der Waals surface area contributed by atoms with Crippen molar-refractivity contribution in [3.63, 3.8) is 0 Å². The van der Waals surface area contributed by atoms with Gasteiger partial charge in [0.05, 0.1) is 22.6 Å². The van der Waals surface area contributed by atoms with Gasteiger partial charge in [-0.3, -0.25) is 10.1 Å². The molecule has 0 spiro atoms. The molecule has 0 radical (unpaired) electrons. The van der Waals surface area contributed by atoms with E-state index < -0.39 is 22.4 Å². The molecular weight excluding hydrogens is 263 g/mol. The van der Waals surface area contributed by atoms with E-state index in [4.69, 9.17) is 0 Å². The molecule has 19 heavy (non-hydrogen) atoms. The maximum atomic E-state index is 13.0. The van der Waals surface area contributed by atoms with E-state index in [1.165, 1.54) is 18.6 Å². The Morgan fingerprint density at radius 1 is 1.37 bits per heavy atom. The normalized spacial score (nSPS) is 11.6. The lowest BCUT2D eigenvalue weighted by atomic mass is 10.1. The third-order valence-corrected chi connectivity index (χ3v) is 2.49. The first kappa shape index (κ1) is 13.1. The SMILES string of the molecule is Cc1cn(-c2cccc([N+](=O)[O-])c2C(F)(F)F)cn1. The van der Waals surface area contributed by atoms with Crippen LogP contribution in [-0.2, 0) is 6.18 Å². The number of nitrogens with zero attached hydrogens (tertiary/aromatic N) is 3. The average Bonchev–Trinajstić information content (AvgIpc) is 2.73. The Hall–Kier alpha value is -2.38. The van der Waals surface area contributed by atoms with Crippen LogP contribution >= 0.6 is 0 Å². The predicted octanol–water partition coefficient (Wildman–Crippen LogP) is 3.11. The minimum Gasteiger partial charge on any atom is -0.305 e. The molecule has 0 fully saturated rings. The summed E-state index contributed by atoms with van der Waals surface area (Å²) in [5.74, 6) is 0. The molecule has 0 aliphatic rings. The average molecular weight is 271 g/mol. The number of nitro groups is 1. The van der Waals surface area contributed by atoms with Crippen molar-refractivity contribution in [3.05, 3.63) is 52.1 Å². The molecule has 2 aromatic rings. The van der Waals surface area contributed by atoms with Crippen molar-refractivity contribution in [2.75, 3.05) is 0 Å². The number of aryl methyl sites for hydroxylation is 1. The fourth-order valence-corrected chi connectivity index (χ4v) is 1.74. The maximum Gasteiger partial charge on any atom is 0.425 e. The zero-order valence-electron chi connectivity index (χ0n) is 9.68. The summed E-state index contributed by atoms with van der Waals surface area (Å²) in [4.78, 5) is 13.5. The Bertz CT molecular complexity index is 634. The molecule has 0 aliphatic heterocycles. The molecule has 5 nitrogen and oxygen atoms in total. The van der Waals surface area contributed by atoms with E-state index in [-0.39, 0.29) is 5.69 Å². The highest BCUT2D eigenvalue weighted by molar-refractivity contribution is 5.55. The van der Waals surface area contributed by atoms with Gasteiger partial charge in [-0.05, 0) is 13.0 Å². The summed E-state index contributed by atoms with van der Waals surface area (Å²) in [5, 5.41) is 10.7. The lowest BCUT2D eigenvalue weighted by Crippen LogP contribution is -2.13. The molecule has 0 amide bonds. The van der Waals surface area contributed by atoms with Crippen molar-refractivity contribution in [2.24, 2.45) is 0 Å². The molecular formula is C11H8F3N3O2. The summed E-state index contributed by atoms with van der Waals surface area (Å²) in [6, 6.07) is 3.20. The number of rotatable bonds is 2. The zero-order chi connectivity index (χ0) is 14.2. The third-order valence-electron chi connectivity index (χ3n) is 2.49. The largest absolute Gasteiger partial charge is 0.425 e. The minimum atomic E-state index is -4.82. The van der Waals surface area contributed by atoms with Gasteiger partial charge in [0, 0.05) is 12.3 Å². The van der Waals surface area contributed by atoms with Gasteiger partial charge in [-0.1, -0.05) is 6.07 Å². The third kappa shape index (κ3) is 2.42. The first-order chi connectivity index (χ1) is 8.80. The van der Waals surface area contributed by atoms with Crippen LogP contribution in [0.25, 0.3) is 5.69 Å². The second-order valence-electron chi connectivity index (χ2n) is 3.85. The Labute approximate surface area is 105 Å². The van der Waals surface area contributed by atoms with Gasteiger partial charge in [0.25, 0.3) is 5.69 Å². The lowest BCUT2D eigenvalue weighted by Gasteiger charge is -2.13. The summed E-state index contributed by atoms with van der Waals surface area (Å²) < 4.78 is 40.2. The van der Waals surface area contributed by atoms with Crippen LogP contribution in [0.5, 0.6) is 0 Å². The van der Waals surface area contributed by atoms with Crippen LogP contribution in [0.3, 0.4) is 0 Å². The van der Waals surface area contributed by atoms with Crippen molar-refractivity contribution in [3.8, 4) is 5.69 Å². The molecule has 2 rings (SSSR count). The molecule has 8 heteroatoms. The highest BCUT2D eigenvalue weighted by Gasteiger charge is 2.41. The zero-order valence-corrected chi connectivity index (χ0v) is 9.68. The highest BCUT2D eigenvalue weighted by Crippen LogP contribution is 2.39. The van der Waals surface area contributed by atoms with Gasteiger partial charge in [0.15, 0.2) is 5.56 Å². The van der Waals surface area contributed by atoms with Gasteiger partial charge in [0.1, 0.15) is 0 Å². The van der Waals surface area contributed by atoms with Crippen molar-refractivity contribution in [1.82, 2.24) is 9.55 Å². The summed E-state index contributed by atoms with van der Waals surface area (Å²) in [6.07, 6.45) is -2.27. The fraction of sp³-hybridized carbons (Fsp3) is 0.182. The second kappa shape index (κ2) is 4.38. The molecule has 0 unspecified atom stereocenters. The van der Waals surface area contributed by atoms with Crippen LogP contribution in [0.1, 0.15) is 11.3 Å². The second-order valence-corrected chi connectivity index (χ2v) is 3.85. The monoisotopic (exact) mass is 271 g/mol. The minimum absolute atomic E-state index is 0.317. The van der Waals surface area contributed by atoms with Gasteiger partial charge in [-0.25, -0.2) is 4.98 Å². The van der Waals surface area contributed by atoms with Crippen molar-refractivity contribution < 1.29 is 18.1 Å². The summed E-state index contributed by atoms with van der Waals surface area (Å²) in [5.41, 5.74) is -2.06. The van der Waals surface area contributed by atoms with E-state index in [1.807, 2.05) is 0 Å². The molecule has 0 N–H and O–H groups in total. The van der Waals surface area contributed by atoms with E-state index in [9.17, 15) is 23.3 Å². The van der Waals surface area contributed by atoms with Gasteiger partial charge < -0.3 is 4.57 Å². The number of alkyl halides is 3.